The fourth-order valence-electron chi connectivity index (χ4n) is 0.550. The van der Waals surface area contributed by atoms with Gasteiger partial charge in [-0.3, -0.25) is 4.79 Å². The molecule has 0 saturated carbocycles. The summed E-state index contributed by atoms with van der Waals surface area (Å²) in [6.45, 7) is 0. The third kappa shape index (κ3) is 1.77. The van der Waals surface area contributed by atoms with E-state index in [0.29, 0.717) is 0 Å². The Kier molecular flexibility index (Phi) is 2.34. The van der Waals surface area contributed by atoms with Gasteiger partial charge in [0, 0.05) is 0 Å². The second-order valence-corrected chi connectivity index (χ2v) is 2.48. The van der Waals surface area contributed by atoms with Crippen molar-refractivity contribution in [1.29, 1.82) is 0 Å². The van der Waals surface area contributed by atoms with E-state index in [1.165, 1.54) is 17.4 Å². The second-order valence-electron chi connectivity index (χ2n) is 1.70. The van der Waals surface area contributed by atoms with Gasteiger partial charge in [0.25, 0.3) is 0 Å². The van der Waals surface area contributed by atoms with Crippen LogP contribution in [0.4, 0.5) is 4.39 Å². The SMILES string of the molecule is O=C/C(F)=C\c1ccsc1. The summed E-state index contributed by atoms with van der Waals surface area (Å²) in [4.78, 5) is 9.79. The summed E-state index contributed by atoms with van der Waals surface area (Å²) in [6, 6.07) is 1.74. The first-order valence-electron chi connectivity index (χ1n) is 2.67. The maximum Gasteiger partial charge on any atom is 0.178 e. The summed E-state index contributed by atoms with van der Waals surface area (Å²) in [5.41, 5.74) is 0.731. The van der Waals surface area contributed by atoms with Crippen LogP contribution in [0, 0.1) is 0 Å². The van der Waals surface area contributed by atoms with Crippen molar-refractivity contribution in [1.82, 2.24) is 0 Å². The Labute approximate surface area is 61.8 Å². The first-order valence-corrected chi connectivity index (χ1v) is 3.62. The molecule has 0 saturated heterocycles. The minimum absolute atomic E-state index is 0.192. The number of allylic oxidation sites excluding steroid dienone is 1. The van der Waals surface area contributed by atoms with Crippen molar-refractivity contribution in [3.8, 4) is 0 Å². The van der Waals surface area contributed by atoms with Gasteiger partial charge >= 0.3 is 0 Å². The van der Waals surface area contributed by atoms with E-state index in [2.05, 4.69) is 0 Å². The third-order valence-corrected chi connectivity index (χ3v) is 1.66. The third-order valence-electron chi connectivity index (χ3n) is 0.960. The van der Waals surface area contributed by atoms with E-state index >= 15 is 0 Å². The molecule has 0 aliphatic carbocycles. The van der Waals surface area contributed by atoms with Crippen LogP contribution >= 0.6 is 11.3 Å². The highest BCUT2D eigenvalue weighted by Gasteiger charge is 1.91. The normalized spacial score (nSPS) is 11.5. The van der Waals surface area contributed by atoms with Gasteiger partial charge < -0.3 is 0 Å². The Morgan fingerprint density at radius 1 is 1.70 bits per heavy atom. The number of rotatable bonds is 2. The average Bonchev–Trinajstić information content (AvgIpc) is 2.40. The molecule has 0 bridgehead atoms. The van der Waals surface area contributed by atoms with Gasteiger partial charge in [0.2, 0.25) is 0 Å². The summed E-state index contributed by atoms with van der Waals surface area (Å²) in [5, 5.41) is 3.59. The summed E-state index contributed by atoms with van der Waals surface area (Å²) in [7, 11) is 0. The molecule has 3 heteroatoms. The van der Waals surface area contributed by atoms with Crippen molar-refractivity contribution in [2.24, 2.45) is 0 Å². The molecular formula is C7H5FOS. The Morgan fingerprint density at radius 3 is 3.00 bits per heavy atom. The number of carbonyl (C=O) groups excluding carboxylic acids is 1. The molecule has 0 aromatic carbocycles. The van der Waals surface area contributed by atoms with E-state index in [9.17, 15) is 9.18 Å². The van der Waals surface area contributed by atoms with Gasteiger partial charge in [-0.25, -0.2) is 4.39 Å². The van der Waals surface area contributed by atoms with Gasteiger partial charge in [-0.05, 0) is 28.5 Å². The van der Waals surface area contributed by atoms with Crippen molar-refractivity contribution < 1.29 is 9.18 Å². The molecule has 0 aliphatic heterocycles. The van der Waals surface area contributed by atoms with E-state index in [4.69, 9.17) is 0 Å². The molecule has 1 heterocycles. The van der Waals surface area contributed by atoms with Gasteiger partial charge in [0.1, 0.15) is 0 Å². The molecule has 0 spiro atoms. The maximum absolute atomic E-state index is 12.2. The van der Waals surface area contributed by atoms with Crippen LogP contribution in [0.2, 0.25) is 0 Å². The maximum atomic E-state index is 12.2. The molecule has 0 fully saturated rings. The van der Waals surface area contributed by atoms with Crippen LogP contribution in [-0.2, 0) is 4.79 Å². The van der Waals surface area contributed by atoms with Crippen LogP contribution < -0.4 is 0 Å². The van der Waals surface area contributed by atoms with Gasteiger partial charge in [-0.1, -0.05) is 0 Å². The highest BCUT2D eigenvalue weighted by molar-refractivity contribution is 7.08. The Balaban J connectivity index is 2.80. The molecule has 0 unspecified atom stereocenters. The molecule has 0 radical (unpaired) electrons. The number of aldehydes is 1. The Morgan fingerprint density at radius 2 is 2.50 bits per heavy atom. The predicted octanol–water partition coefficient (Wildman–Crippen LogP) is 2.26. The van der Waals surface area contributed by atoms with Crippen molar-refractivity contribution in [3.63, 3.8) is 0 Å². The van der Waals surface area contributed by atoms with Crippen LogP contribution in [0.1, 0.15) is 5.56 Å². The van der Waals surface area contributed by atoms with Crippen LogP contribution in [0.5, 0.6) is 0 Å². The zero-order valence-corrected chi connectivity index (χ0v) is 5.90. The van der Waals surface area contributed by atoms with Gasteiger partial charge in [-0.15, -0.1) is 0 Å². The van der Waals surface area contributed by atoms with E-state index < -0.39 is 5.83 Å². The van der Waals surface area contributed by atoms with Crippen LogP contribution in [0.15, 0.2) is 22.7 Å². The van der Waals surface area contributed by atoms with Crippen LogP contribution in [-0.4, -0.2) is 6.29 Å². The monoisotopic (exact) mass is 156 g/mol. The van der Waals surface area contributed by atoms with Gasteiger partial charge in [-0.2, -0.15) is 11.3 Å². The molecular weight excluding hydrogens is 151 g/mol. The van der Waals surface area contributed by atoms with Gasteiger partial charge in [0.15, 0.2) is 12.1 Å². The number of carbonyl (C=O) groups is 1. The van der Waals surface area contributed by atoms with Crippen molar-refractivity contribution in [2.45, 2.75) is 0 Å². The van der Waals surface area contributed by atoms with Crippen molar-refractivity contribution >= 4 is 23.7 Å². The molecule has 0 N–H and O–H groups in total. The fraction of sp³-hybridized carbons (Fsp3) is 0. The van der Waals surface area contributed by atoms with Crippen molar-refractivity contribution in [3.05, 3.63) is 28.2 Å². The van der Waals surface area contributed by atoms with E-state index in [1.54, 1.807) is 11.4 Å². The lowest BCUT2D eigenvalue weighted by atomic mass is 10.3. The first kappa shape index (κ1) is 7.15. The van der Waals surface area contributed by atoms with E-state index in [-0.39, 0.29) is 6.29 Å². The predicted molar refractivity (Wildman–Crippen MR) is 39.5 cm³/mol. The minimum Gasteiger partial charge on any atom is -0.295 e. The quantitative estimate of drug-likeness (QED) is 0.474. The summed E-state index contributed by atoms with van der Waals surface area (Å²) >= 11 is 1.46. The van der Waals surface area contributed by atoms with Crippen LogP contribution in [0.25, 0.3) is 6.08 Å². The largest absolute Gasteiger partial charge is 0.295 e. The topological polar surface area (TPSA) is 17.1 Å². The average molecular weight is 156 g/mol. The molecule has 52 valence electrons. The molecule has 1 nitrogen and oxygen atoms in total. The second kappa shape index (κ2) is 3.27. The molecule has 10 heavy (non-hydrogen) atoms. The molecule has 0 aliphatic rings. The summed E-state index contributed by atoms with van der Waals surface area (Å²) in [5.74, 6) is -0.738. The summed E-state index contributed by atoms with van der Waals surface area (Å²) < 4.78 is 12.2. The van der Waals surface area contributed by atoms with Crippen LogP contribution in [0.3, 0.4) is 0 Å². The number of halogens is 1. The minimum atomic E-state index is -0.738. The highest BCUT2D eigenvalue weighted by Crippen LogP contribution is 2.10. The van der Waals surface area contributed by atoms with Gasteiger partial charge in [0.05, 0.1) is 0 Å². The molecule has 1 aromatic rings. The lowest BCUT2D eigenvalue weighted by Gasteiger charge is -1.80. The zero-order valence-electron chi connectivity index (χ0n) is 5.08. The fourth-order valence-corrected chi connectivity index (χ4v) is 1.17. The lowest BCUT2D eigenvalue weighted by Crippen LogP contribution is -1.71. The molecule has 1 aromatic heterocycles. The Bertz CT molecular complexity index is 238. The zero-order chi connectivity index (χ0) is 7.40. The van der Waals surface area contributed by atoms with Crippen molar-refractivity contribution in [2.75, 3.05) is 0 Å². The smallest absolute Gasteiger partial charge is 0.178 e. The Hall–Kier alpha value is -0.960. The molecule has 1 rings (SSSR count). The van der Waals surface area contributed by atoms with E-state index in [1.807, 2.05) is 5.38 Å². The highest BCUT2D eigenvalue weighted by atomic mass is 32.1. The number of thiophene rings is 1. The standard InChI is InChI=1S/C7H5FOS/c8-7(4-9)3-6-1-2-10-5-6/h1-5H/b7-3+. The number of hydrogen-bond acceptors (Lipinski definition) is 2. The summed E-state index contributed by atoms with van der Waals surface area (Å²) in [6.07, 6.45) is 1.39. The molecule has 0 atom stereocenters. The molecule has 0 amide bonds. The lowest BCUT2D eigenvalue weighted by molar-refractivity contribution is -0.106. The van der Waals surface area contributed by atoms with E-state index in [0.717, 1.165) is 5.56 Å². The number of hydrogen-bond donors (Lipinski definition) is 0. The first-order chi connectivity index (χ1) is 4.83.